The fraction of sp³-hybridized carbons (Fsp3) is 0.533. The maximum atomic E-state index is 6.36. The topological polar surface area (TPSA) is 27.1 Å². The van der Waals surface area contributed by atoms with Crippen molar-refractivity contribution in [1.29, 1.82) is 0 Å². The van der Waals surface area contributed by atoms with Gasteiger partial charge in [0, 0.05) is 18.8 Å². The van der Waals surface area contributed by atoms with Crippen molar-refractivity contribution in [3.05, 3.63) is 29.0 Å². The highest BCUT2D eigenvalue weighted by molar-refractivity contribution is 6.35. The number of imidazole rings is 1. The molecule has 0 amide bonds. The van der Waals surface area contributed by atoms with Gasteiger partial charge < -0.3 is 9.30 Å². The maximum absolute atomic E-state index is 6.36. The second kappa shape index (κ2) is 5.21. The van der Waals surface area contributed by atoms with Gasteiger partial charge in [-0.1, -0.05) is 17.7 Å². The molecule has 1 atom stereocenters. The molecule has 1 aliphatic rings. The van der Waals surface area contributed by atoms with Gasteiger partial charge in [-0.2, -0.15) is 0 Å². The highest BCUT2D eigenvalue weighted by atomic mass is 35.5. The van der Waals surface area contributed by atoms with Crippen molar-refractivity contribution < 1.29 is 4.74 Å². The van der Waals surface area contributed by atoms with Crippen LogP contribution in [0.4, 0.5) is 0 Å². The highest BCUT2D eigenvalue weighted by Crippen LogP contribution is 2.38. The number of hydrogen-bond donors (Lipinski definition) is 0. The van der Waals surface area contributed by atoms with Crippen LogP contribution in [-0.4, -0.2) is 22.8 Å². The zero-order chi connectivity index (χ0) is 14.3. The molecule has 0 radical (unpaired) electrons. The molecule has 1 aromatic heterocycles. The van der Waals surface area contributed by atoms with E-state index in [-0.39, 0.29) is 10.9 Å². The Hall–Kier alpha value is -0.770. The summed E-state index contributed by atoms with van der Waals surface area (Å²) in [6.45, 7) is 5.75. The summed E-state index contributed by atoms with van der Waals surface area (Å²) < 4.78 is 7.78. The van der Waals surface area contributed by atoms with Gasteiger partial charge in [0.05, 0.1) is 15.9 Å². The minimum absolute atomic E-state index is 0.0177. The summed E-state index contributed by atoms with van der Waals surface area (Å²) in [5, 5.41) is 0.522. The molecule has 1 unspecified atom stereocenters. The van der Waals surface area contributed by atoms with Crippen molar-refractivity contribution in [2.75, 3.05) is 13.2 Å². The quantitative estimate of drug-likeness (QED) is 0.763. The average Bonchev–Trinajstić information content (AvgIpc) is 2.81. The van der Waals surface area contributed by atoms with Crippen molar-refractivity contribution in [2.24, 2.45) is 0 Å². The van der Waals surface area contributed by atoms with E-state index in [1.54, 1.807) is 0 Å². The Kier molecular flexibility index (Phi) is 3.69. The molecule has 1 aliphatic heterocycles. The molecule has 1 aromatic carbocycles. The molecular formula is C15H18Cl2N2O. The van der Waals surface area contributed by atoms with E-state index in [2.05, 4.69) is 17.6 Å². The van der Waals surface area contributed by atoms with E-state index < -0.39 is 0 Å². The fourth-order valence-corrected chi connectivity index (χ4v) is 3.31. The number of ether oxygens (including phenoxy) is 1. The molecule has 2 aromatic rings. The number of aromatic nitrogens is 2. The summed E-state index contributed by atoms with van der Waals surface area (Å²) >= 11 is 12.6. The van der Waals surface area contributed by atoms with E-state index in [1.165, 1.54) is 0 Å². The smallest absolute Gasteiger partial charge is 0.128 e. The van der Waals surface area contributed by atoms with Crippen molar-refractivity contribution in [3.63, 3.8) is 0 Å². The molecule has 108 valence electrons. The minimum Gasteiger partial charge on any atom is -0.381 e. The van der Waals surface area contributed by atoms with Crippen LogP contribution in [-0.2, 0) is 10.3 Å². The number of alkyl halides is 1. The van der Waals surface area contributed by atoms with Crippen molar-refractivity contribution >= 4 is 34.2 Å². The molecule has 2 heterocycles. The van der Waals surface area contributed by atoms with Gasteiger partial charge in [-0.05, 0) is 38.8 Å². The zero-order valence-corrected chi connectivity index (χ0v) is 13.2. The van der Waals surface area contributed by atoms with Crippen LogP contribution in [0.5, 0.6) is 0 Å². The summed E-state index contributed by atoms with van der Waals surface area (Å²) in [5.74, 6) is 0.888. The SMILES string of the molecule is CC(Cl)c1nc2c(Cl)cccc2n1C1(C)CCOCC1. The maximum Gasteiger partial charge on any atom is 0.128 e. The first-order valence-electron chi connectivity index (χ1n) is 6.92. The van der Waals surface area contributed by atoms with Crippen LogP contribution in [0.25, 0.3) is 11.0 Å². The number of halogens is 2. The molecule has 3 nitrogen and oxygen atoms in total. The molecular weight excluding hydrogens is 295 g/mol. The highest BCUT2D eigenvalue weighted by Gasteiger charge is 2.34. The molecule has 20 heavy (non-hydrogen) atoms. The Morgan fingerprint density at radius 3 is 2.70 bits per heavy atom. The predicted molar refractivity (Wildman–Crippen MR) is 82.7 cm³/mol. The second-order valence-electron chi connectivity index (χ2n) is 5.64. The van der Waals surface area contributed by atoms with Gasteiger partial charge in [-0.3, -0.25) is 0 Å². The second-order valence-corrected chi connectivity index (χ2v) is 6.70. The van der Waals surface area contributed by atoms with Crippen LogP contribution in [0.2, 0.25) is 5.02 Å². The van der Waals surface area contributed by atoms with E-state index in [1.807, 2.05) is 19.1 Å². The Morgan fingerprint density at radius 2 is 2.05 bits per heavy atom. The molecule has 0 aliphatic carbocycles. The summed E-state index contributed by atoms with van der Waals surface area (Å²) in [6.07, 6.45) is 1.92. The lowest BCUT2D eigenvalue weighted by molar-refractivity contribution is 0.0300. The lowest BCUT2D eigenvalue weighted by Gasteiger charge is -2.37. The number of nitrogens with zero attached hydrogens (tertiary/aromatic N) is 2. The third-order valence-corrected chi connectivity index (χ3v) is 4.63. The van der Waals surface area contributed by atoms with E-state index in [4.69, 9.17) is 32.9 Å². The predicted octanol–water partition coefficient (Wildman–Crippen LogP) is 4.52. The van der Waals surface area contributed by atoms with Crippen molar-refractivity contribution in [2.45, 2.75) is 37.6 Å². The van der Waals surface area contributed by atoms with Crippen LogP contribution in [0.1, 0.15) is 37.9 Å². The van der Waals surface area contributed by atoms with Gasteiger partial charge in [0.2, 0.25) is 0 Å². The summed E-state index contributed by atoms with van der Waals surface area (Å²) in [6, 6.07) is 5.90. The molecule has 0 N–H and O–H groups in total. The Labute approximate surface area is 128 Å². The Balaban J connectivity index is 2.26. The van der Waals surface area contributed by atoms with E-state index in [9.17, 15) is 0 Å². The first kappa shape index (κ1) is 14.2. The van der Waals surface area contributed by atoms with Crippen LogP contribution >= 0.6 is 23.2 Å². The Bertz CT molecular complexity index is 630. The van der Waals surface area contributed by atoms with Crippen LogP contribution < -0.4 is 0 Å². The standard InChI is InChI=1S/C15H18Cl2N2O/c1-10(16)14-18-13-11(17)4-3-5-12(13)19(14)15(2)6-8-20-9-7-15/h3-5,10H,6-9H2,1-2H3. The number of para-hydroxylation sites is 1. The van der Waals surface area contributed by atoms with Gasteiger partial charge in [0.15, 0.2) is 0 Å². The van der Waals surface area contributed by atoms with E-state index in [0.717, 1.165) is 42.9 Å². The van der Waals surface area contributed by atoms with E-state index in [0.29, 0.717) is 5.02 Å². The van der Waals surface area contributed by atoms with Gasteiger partial charge in [0.25, 0.3) is 0 Å². The first-order chi connectivity index (χ1) is 9.53. The number of hydrogen-bond acceptors (Lipinski definition) is 2. The van der Waals surface area contributed by atoms with Gasteiger partial charge in [-0.15, -0.1) is 11.6 Å². The summed E-state index contributed by atoms with van der Waals surface area (Å²) in [4.78, 5) is 4.69. The molecule has 1 saturated heterocycles. The number of rotatable bonds is 2. The van der Waals surface area contributed by atoms with Crippen molar-refractivity contribution in [1.82, 2.24) is 9.55 Å². The fourth-order valence-electron chi connectivity index (χ4n) is 2.95. The molecule has 0 spiro atoms. The van der Waals surface area contributed by atoms with Crippen molar-refractivity contribution in [3.8, 4) is 0 Å². The minimum atomic E-state index is -0.155. The molecule has 0 saturated carbocycles. The molecule has 3 rings (SSSR count). The van der Waals surface area contributed by atoms with Gasteiger partial charge in [0.1, 0.15) is 11.3 Å². The van der Waals surface area contributed by atoms with Crippen LogP contribution in [0.15, 0.2) is 18.2 Å². The first-order valence-corrected chi connectivity index (χ1v) is 7.73. The summed E-state index contributed by atoms with van der Waals surface area (Å²) in [5.41, 5.74) is 1.88. The van der Waals surface area contributed by atoms with Crippen LogP contribution in [0, 0.1) is 0 Å². The normalized spacial score (nSPS) is 20.2. The number of fused-ring (bicyclic) bond motifs is 1. The van der Waals surface area contributed by atoms with Crippen LogP contribution in [0.3, 0.4) is 0 Å². The monoisotopic (exact) mass is 312 g/mol. The molecule has 0 bridgehead atoms. The zero-order valence-electron chi connectivity index (χ0n) is 11.7. The lowest BCUT2D eigenvalue weighted by atomic mass is 9.91. The molecule has 1 fully saturated rings. The third kappa shape index (κ3) is 2.22. The lowest BCUT2D eigenvalue weighted by Crippen LogP contribution is -2.37. The van der Waals surface area contributed by atoms with Gasteiger partial charge >= 0.3 is 0 Å². The Morgan fingerprint density at radius 1 is 1.35 bits per heavy atom. The number of benzene rings is 1. The van der Waals surface area contributed by atoms with E-state index >= 15 is 0 Å². The largest absolute Gasteiger partial charge is 0.381 e. The third-order valence-electron chi connectivity index (χ3n) is 4.13. The van der Waals surface area contributed by atoms with Gasteiger partial charge in [-0.25, -0.2) is 4.98 Å². The summed E-state index contributed by atoms with van der Waals surface area (Å²) in [7, 11) is 0. The average molecular weight is 313 g/mol. The molecule has 5 heteroatoms.